The van der Waals surface area contributed by atoms with Crippen LogP contribution in [0.2, 0.25) is 0 Å². The van der Waals surface area contributed by atoms with E-state index in [1.54, 1.807) is 13.4 Å². The molecule has 0 bridgehead atoms. The highest BCUT2D eigenvalue weighted by Crippen LogP contribution is 2.35. The van der Waals surface area contributed by atoms with E-state index in [0.29, 0.717) is 19.0 Å². The van der Waals surface area contributed by atoms with Crippen molar-refractivity contribution in [3.05, 3.63) is 66.2 Å². The van der Waals surface area contributed by atoms with Crippen LogP contribution in [0.25, 0.3) is 5.69 Å². The van der Waals surface area contributed by atoms with Gasteiger partial charge in [-0.1, -0.05) is 30.3 Å². The molecule has 1 aromatic heterocycles. The first kappa shape index (κ1) is 22.6. The van der Waals surface area contributed by atoms with Crippen LogP contribution in [0.4, 0.5) is 0 Å². The second-order valence-electron chi connectivity index (χ2n) is 7.97. The van der Waals surface area contributed by atoms with Crippen molar-refractivity contribution in [3.8, 4) is 17.2 Å². The van der Waals surface area contributed by atoms with E-state index in [9.17, 15) is 0 Å². The molecule has 1 heterocycles. The van der Waals surface area contributed by atoms with Crippen LogP contribution in [-0.4, -0.2) is 40.5 Å². The summed E-state index contributed by atoms with van der Waals surface area (Å²) in [6, 6.07) is 16.0. The molecule has 1 aliphatic rings. The van der Waals surface area contributed by atoms with Gasteiger partial charge >= 0.3 is 0 Å². The summed E-state index contributed by atoms with van der Waals surface area (Å²) >= 11 is 0. The average Bonchev–Trinajstić information content (AvgIpc) is 3.54. The van der Waals surface area contributed by atoms with Gasteiger partial charge in [-0.15, -0.1) is 10.2 Å². The molecule has 2 aromatic carbocycles. The largest absolute Gasteiger partial charge is 0.493 e. The van der Waals surface area contributed by atoms with Crippen LogP contribution in [0.5, 0.6) is 11.5 Å². The third-order valence-corrected chi connectivity index (χ3v) is 5.69. The Bertz CT molecular complexity index is 1040. The molecule has 1 fully saturated rings. The predicted molar refractivity (Wildman–Crippen MR) is 129 cm³/mol. The van der Waals surface area contributed by atoms with Crippen LogP contribution in [0.3, 0.4) is 0 Å². The van der Waals surface area contributed by atoms with Crippen molar-refractivity contribution in [1.82, 2.24) is 25.4 Å². The molecule has 174 valence electrons. The maximum atomic E-state index is 6.35. The van der Waals surface area contributed by atoms with E-state index in [0.717, 1.165) is 48.0 Å². The highest BCUT2D eigenvalue weighted by Gasteiger charge is 2.20. The van der Waals surface area contributed by atoms with E-state index in [2.05, 4.69) is 20.8 Å². The number of hydrogen-bond donors (Lipinski definition) is 2. The smallest absolute Gasteiger partial charge is 0.191 e. The van der Waals surface area contributed by atoms with Crippen LogP contribution in [0.1, 0.15) is 44.0 Å². The number of nitrogens with one attached hydrogen (secondary N) is 2. The number of rotatable bonds is 9. The van der Waals surface area contributed by atoms with Gasteiger partial charge in [0.25, 0.3) is 0 Å². The molecular formula is C25H32N6O2. The second kappa shape index (κ2) is 11.4. The van der Waals surface area contributed by atoms with Gasteiger partial charge in [0.05, 0.1) is 26.3 Å². The minimum absolute atomic E-state index is 0.250. The monoisotopic (exact) mass is 448 g/mol. The normalized spacial score (nSPS) is 14.3. The fourth-order valence-electron chi connectivity index (χ4n) is 4.01. The summed E-state index contributed by atoms with van der Waals surface area (Å²) in [4.78, 5) is 4.80. The Morgan fingerprint density at radius 3 is 2.67 bits per heavy atom. The molecule has 1 saturated carbocycles. The lowest BCUT2D eigenvalue weighted by atomic mass is 10.1. The summed E-state index contributed by atoms with van der Waals surface area (Å²) in [7, 11) is 1.68. The number of aromatic nitrogens is 3. The molecule has 0 amide bonds. The van der Waals surface area contributed by atoms with E-state index >= 15 is 0 Å². The Hall–Kier alpha value is -3.55. The number of para-hydroxylation sites is 2. The SMILES string of the molecule is CCNC(=NCc1cccc(OC)c1OC1CCCC1)NCc1nncn1-c1ccccc1. The Balaban J connectivity index is 1.48. The molecule has 8 nitrogen and oxygen atoms in total. The van der Waals surface area contributed by atoms with Crippen molar-refractivity contribution in [3.63, 3.8) is 0 Å². The average molecular weight is 449 g/mol. The predicted octanol–water partition coefficient (Wildman–Crippen LogP) is 3.85. The first-order valence-corrected chi connectivity index (χ1v) is 11.6. The van der Waals surface area contributed by atoms with E-state index in [1.165, 1.54) is 12.8 Å². The summed E-state index contributed by atoms with van der Waals surface area (Å²) in [5.74, 6) is 3.06. The lowest BCUT2D eigenvalue weighted by Gasteiger charge is -2.19. The number of guanidine groups is 1. The lowest BCUT2D eigenvalue weighted by Crippen LogP contribution is -2.37. The molecule has 1 aliphatic carbocycles. The minimum atomic E-state index is 0.250. The van der Waals surface area contributed by atoms with Crippen LogP contribution < -0.4 is 20.1 Å². The number of hydrogen-bond acceptors (Lipinski definition) is 5. The highest BCUT2D eigenvalue weighted by atomic mass is 16.5. The lowest BCUT2D eigenvalue weighted by molar-refractivity contribution is 0.198. The molecule has 8 heteroatoms. The third kappa shape index (κ3) is 5.83. The number of aliphatic imine (C=N–C) groups is 1. The zero-order chi connectivity index (χ0) is 22.9. The molecular weight excluding hydrogens is 416 g/mol. The van der Waals surface area contributed by atoms with Crippen LogP contribution in [-0.2, 0) is 13.1 Å². The van der Waals surface area contributed by atoms with Crippen molar-refractivity contribution in [2.24, 2.45) is 4.99 Å². The summed E-state index contributed by atoms with van der Waals surface area (Å²) in [5.41, 5.74) is 2.03. The zero-order valence-electron chi connectivity index (χ0n) is 19.3. The summed E-state index contributed by atoms with van der Waals surface area (Å²) in [5, 5.41) is 15.0. The van der Waals surface area contributed by atoms with Gasteiger partial charge in [-0.25, -0.2) is 4.99 Å². The standard InChI is InChI=1S/C25H32N6O2/c1-3-26-25(28-17-23-30-29-18-31(23)20-11-5-4-6-12-20)27-16-19-10-9-15-22(32-2)24(19)33-21-13-7-8-14-21/h4-6,9-12,15,18,21H,3,7-8,13-14,16-17H2,1-2H3,(H2,26,27,28). The molecule has 0 unspecified atom stereocenters. The molecule has 0 radical (unpaired) electrons. The van der Waals surface area contributed by atoms with E-state index in [-0.39, 0.29) is 6.10 Å². The Morgan fingerprint density at radius 1 is 1.09 bits per heavy atom. The van der Waals surface area contributed by atoms with Gasteiger partial charge in [0.15, 0.2) is 23.3 Å². The Labute approximate surface area is 195 Å². The number of methoxy groups -OCH3 is 1. The van der Waals surface area contributed by atoms with Crippen LogP contribution in [0.15, 0.2) is 59.9 Å². The van der Waals surface area contributed by atoms with E-state index in [4.69, 9.17) is 14.5 Å². The van der Waals surface area contributed by atoms with Crippen molar-refractivity contribution < 1.29 is 9.47 Å². The number of benzene rings is 2. The first-order valence-electron chi connectivity index (χ1n) is 11.6. The number of nitrogens with zero attached hydrogens (tertiary/aromatic N) is 4. The fourth-order valence-corrected chi connectivity index (χ4v) is 4.01. The van der Waals surface area contributed by atoms with Gasteiger partial charge in [0.1, 0.15) is 6.33 Å². The maximum absolute atomic E-state index is 6.35. The number of ether oxygens (including phenoxy) is 2. The van der Waals surface area contributed by atoms with Gasteiger partial charge in [0, 0.05) is 17.8 Å². The molecule has 2 N–H and O–H groups in total. The molecule has 0 atom stereocenters. The van der Waals surface area contributed by atoms with Crippen LogP contribution in [0, 0.1) is 0 Å². The quantitative estimate of drug-likeness (QED) is 0.382. The van der Waals surface area contributed by atoms with Crippen molar-refractivity contribution in [2.75, 3.05) is 13.7 Å². The highest BCUT2D eigenvalue weighted by molar-refractivity contribution is 5.79. The minimum Gasteiger partial charge on any atom is -0.493 e. The third-order valence-electron chi connectivity index (χ3n) is 5.69. The Morgan fingerprint density at radius 2 is 1.91 bits per heavy atom. The van der Waals surface area contributed by atoms with Gasteiger partial charge < -0.3 is 20.1 Å². The second-order valence-corrected chi connectivity index (χ2v) is 7.97. The topological polar surface area (TPSA) is 85.6 Å². The van der Waals surface area contributed by atoms with Crippen molar-refractivity contribution in [2.45, 2.75) is 51.8 Å². The summed E-state index contributed by atoms with van der Waals surface area (Å²) in [6.07, 6.45) is 6.59. The molecule has 0 spiro atoms. The van der Waals surface area contributed by atoms with Gasteiger partial charge in [0.2, 0.25) is 0 Å². The first-order chi connectivity index (χ1) is 16.3. The Kier molecular flexibility index (Phi) is 7.79. The van der Waals surface area contributed by atoms with Crippen molar-refractivity contribution >= 4 is 5.96 Å². The molecule has 3 aromatic rings. The zero-order valence-corrected chi connectivity index (χ0v) is 19.3. The molecule has 33 heavy (non-hydrogen) atoms. The van der Waals surface area contributed by atoms with Gasteiger partial charge in [-0.05, 0) is 50.8 Å². The molecule has 0 saturated heterocycles. The van der Waals surface area contributed by atoms with E-state index in [1.807, 2.05) is 60.0 Å². The fraction of sp³-hybridized carbons (Fsp3) is 0.400. The maximum Gasteiger partial charge on any atom is 0.191 e. The van der Waals surface area contributed by atoms with E-state index < -0.39 is 0 Å². The summed E-state index contributed by atoms with van der Waals surface area (Å²) < 4.78 is 13.9. The van der Waals surface area contributed by atoms with Crippen molar-refractivity contribution in [1.29, 1.82) is 0 Å². The molecule has 0 aliphatic heterocycles. The van der Waals surface area contributed by atoms with Gasteiger partial charge in [-0.2, -0.15) is 0 Å². The summed E-state index contributed by atoms with van der Waals surface area (Å²) in [6.45, 7) is 3.76. The van der Waals surface area contributed by atoms with Gasteiger partial charge in [-0.3, -0.25) is 4.57 Å². The molecule has 4 rings (SSSR count). The van der Waals surface area contributed by atoms with Crippen LogP contribution >= 0.6 is 0 Å².